The molecule has 3 aromatic rings. The molecule has 1 amide bonds. The lowest BCUT2D eigenvalue weighted by Crippen LogP contribution is -2.42. The van der Waals surface area contributed by atoms with Crippen LogP contribution in [0.4, 0.5) is 10.1 Å². The number of anilines is 1. The number of nitrogens with zero attached hydrogens (tertiary/aromatic N) is 2. The molecule has 4 N–H and O–H groups in total. The van der Waals surface area contributed by atoms with Crippen molar-refractivity contribution in [3.8, 4) is 6.07 Å². The molecule has 8 heteroatoms. The summed E-state index contributed by atoms with van der Waals surface area (Å²) in [6.07, 6.45) is -0.161. The molecule has 0 spiro atoms. The Morgan fingerprint density at radius 2 is 2.21 bits per heavy atom. The highest BCUT2D eigenvalue weighted by atomic mass is 19.1. The molecule has 0 fully saturated rings. The van der Waals surface area contributed by atoms with Crippen LogP contribution in [-0.2, 0) is 0 Å². The van der Waals surface area contributed by atoms with Gasteiger partial charge in [-0.2, -0.15) is 5.26 Å². The minimum absolute atomic E-state index is 0.268. The van der Waals surface area contributed by atoms with Crippen LogP contribution in [0.1, 0.15) is 36.7 Å². The van der Waals surface area contributed by atoms with Crippen LogP contribution in [0, 0.1) is 11.3 Å². The standard InChI is InChI=1S/C20H22FN5O2/c1-4-23-17-13(19(27)25-10-15(21)20(2,3)28)9-24-16-12-6-5-11(8-22)7-14(12)26-18(16)17/h5-7,9,15,26,28H,4,10H2,1-3H3,(H,23,24)(H,25,27). The van der Waals surface area contributed by atoms with Crippen LogP contribution in [-0.4, -0.2) is 45.8 Å². The van der Waals surface area contributed by atoms with Crippen LogP contribution in [0.5, 0.6) is 0 Å². The van der Waals surface area contributed by atoms with Crippen molar-refractivity contribution in [2.24, 2.45) is 0 Å². The summed E-state index contributed by atoms with van der Waals surface area (Å²) in [5.41, 5.74) is 1.84. The van der Waals surface area contributed by atoms with E-state index < -0.39 is 17.7 Å². The molecule has 2 aromatic heterocycles. The maximum absolute atomic E-state index is 14.0. The number of rotatable bonds is 6. The summed E-state index contributed by atoms with van der Waals surface area (Å²) < 4.78 is 14.0. The van der Waals surface area contributed by atoms with Gasteiger partial charge >= 0.3 is 0 Å². The van der Waals surface area contributed by atoms with Crippen molar-refractivity contribution >= 4 is 33.5 Å². The zero-order valence-corrected chi connectivity index (χ0v) is 15.9. The zero-order valence-electron chi connectivity index (χ0n) is 15.9. The van der Waals surface area contributed by atoms with Gasteiger partial charge < -0.3 is 20.7 Å². The number of pyridine rings is 1. The maximum Gasteiger partial charge on any atom is 0.255 e. The van der Waals surface area contributed by atoms with E-state index in [-0.39, 0.29) is 12.1 Å². The predicted octanol–water partition coefficient (Wildman–Crippen LogP) is 2.86. The van der Waals surface area contributed by atoms with Crippen LogP contribution in [0.3, 0.4) is 0 Å². The van der Waals surface area contributed by atoms with E-state index in [0.717, 1.165) is 10.9 Å². The number of fused-ring (bicyclic) bond motifs is 3. The number of benzene rings is 1. The van der Waals surface area contributed by atoms with Crippen molar-refractivity contribution < 1.29 is 14.3 Å². The van der Waals surface area contributed by atoms with Crippen LogP contribution >= 0.6 is 0 Å². The molecule has 0 saturated heterocycles. The van der Waals surface area contributed by atoms with Crippen molar-refractivity contribution in [2.75, 3.05) is 18.4 Å². The Labute approximate surface area is 161 Å². The number of halogens is 1. The molecule has 3 rings (SSSR count). The highest BCUT2D eigenvalue weighted by Crippen LogP contribution is 2.31. The summed E-state index contributed by atoms with van der Waals surface area (Å²) in [5, 5.41) is 25.3. The smallest absolute Gasteiger partial charge is 0.255 e. The number of carbonyl (C=O) groups is 1. The van der Waals surface area contributed by atoms with Gasteiger partial charge in [-0.3, -0.25) is 9.78 Å². The third-order valence-electron chi connectivity index (χ3n) is 4.55. The number of alkyl halides is 1. The molecule has 0 saturated carbocycles. The van der Waals surface area contributed by atoms with Gasteiger partial charge in [-0.1, -0.05) is 0 Å². The first-order valence-electron chi connectivity index (χ1n) is 8.99. The van der Waals surface area contributed by atoms with Gasteiger partial charge in [0.15, 0.2) is 0 Å². The summed E-state index contributed by atoms with van der Waals surface area (Å²) in [6.45, 7) is 4.84. The number of aliphatic hydroxyl groups is 1. The third-order valence-corrected chi connectivity index (χ3v) is 4.55. The predicted molar refractivity (Wildman–Crippen MR) is 106 cm³/mol. The molecule has 0 aliphatic heterocycles. The summed E-state index contributed by atoms with van der Waals surface area (Å²) in [4.78, 5) is 20.3. The molecule has 0 aliphatic carbocycles. The number of aromatic amines is 1. The quantitative estimate of drug-likeness (QED) is 0.523. The van der Waals surface area contributed by atoms with Crippen LogP contribution in [0.15, 0.2) is 24.4 Å². The normalized spacial score (nSPS) is 12.7. The maximum atomic E-state index is 14.0. The molecule has 0 bridgehead atoms. The molecule has 0 aliphatic rings. The fourth-order valence-electron chi connectivity index (χ4n) is 2.96. The second kappa shape index (κ2) is 7.44. The molecule has 7 nitrogen and oxygen atoms in total. The van der Waals surface area contributed by atoms with Gasteiger partial charge in [0.05, 0.1) is 46.1 Å². The van der Waals surface area contributed by atoms with E-state index in [1.807, 2.05) is 13.0 Å². The van der Waals surface area contributed by atoms with E-state index >= 15 is 0 Å². The summed E-state index contributed by atoms with van der Waals surface area (Å²) in [6, 6.07) is 7.34. The van der Waals surface area contributed by atoms with Crippen LogP contribution in [0.2, 0.25) is 0 Å². The average molecular weight is 383 g/mol. The largest absolute Gasteiger partial charge is 0.387 e. The van der Waals surface area contributed by atoms with E-state index in [9.17, 15) is 14.3 Å². The Morgan fingerprint density at radius 1 is 1.46 bits per heavy atom. The number of aromatic nitrogens is 2. The third kappa shape index (κ3) is 3.62. The monoisotopic (exact) mass is 383 g/mol. The number of H-pyrrole nitrogens is 1. The van der Waals surface area contributed by atoms with Gasteiger partial charge in [0.1, 0.15) is 6.17 Å². The number of nitrogens with one attached hydrogen (secondary N) is 3. The zero-order chi connectivity index (χ0) is 20.5. The SMILES string of the molecule is CCNc1c(C(=O)NCC(F)C(C)(C)O)cnc2c1[nH]c1cc(C#N)ccc12. The molecular formula is C20H22FN5O2. The molecule has 146 valence electrons. The Bertz CT molecular complexity index is 1080. The minimum Gasteiger partial charge on any atom is -0.387 e. The second-order valence-electron chi connectivity index (χ2n) is 7.13. The number of carbonyl (C=O) groups excluding carboxylic acids is 1. The molecule has 1 atom stereocenters. The first-order chi connectivity index (χ1) is 13.3. The molecule has 1 unspecified atom stereocenters. The molecular weight excluding hydrogens is 361 g/mol. The lowest BCUT2D eigenvalue weighted by molar-refractivity contribution is -0.00177. The summed E-state index contributed by atoms with van der Waals surface area (Å²) in [7, 11) is 0. The van der Waals surface area contributed by atoms with Crippen molar-refractivity contribution in [3.05, 3.63) is 35.5 Å². The van der Waals surface area contributed by atoms with Crippen LogP contribution < -0.4 is 10.6 Å². The molecule has 28 heavy (non-hydrogen) atoms. The van der Waals surface area contributed by atoms with E-state index in [1.165, 1.54) is 20.0 Å². The Hall–Kier alpha value is -3.18. The first-order valence-corrected chi connectivity index (χ1v) is 8.99. The Balaban J connectivity index is 2.03. The number of amides is 1. The lowest BCUT2D eigenvalue weighted by Gasteiger charge is -2.22. The van der Waals surface area contributed by atoms with Gasteiger partial charge in [-0.15, -0.1) is 0 Å². The van der Waals surface area contributed by atoms with Crippen molar-refractivity contribution in [3.63, 3.8) is 0 Å². The molecule has 0 radical (unpaired) electrons. The highest BCUT2D eigenvalue weighted by Gasteiger charge is 2.27. The number of hydrogen-bond acceptors (Lipinski definition) is 5. The summed E-state index contributed by atoms with van der Waals surface area (Å²) in [5.74, 6) is -0.492. The summed E-state index contributed by atoms with van der Waals surface area (Å²) >= 11 is 0. The van der Waals surface area contributed by atoms with Crippen molar-refractivity contribution in [2.45, 2.75) is 32.5 Å². The lowest BCUT2D eigenvalue weighted by atomic mass is 10.0. The number of hydrogen-bond donors (Lipinski definition) is 4. The highest BCUT2D eigenvalue weighted by molar-refractivity contribution is 6.13. The average Bonchev–Trinajstić information content (AvgIpc) is 3.03. The van der Waals surface area contributed by atoms with Gasteiger partial charge in [0.2, 0.25) is 0 Å². The van der Waals surface area contributed by atoms with Crippen molar-refractivity contribution in [1.29, 1.82) is 5.26 Å². The van der Waals surface area contributed by atoms with E-state index in [0.29, 0.717) is 28.8 Å². The van der Waals surface area contributed by atoms with E-state index in [4.69, 9.17) is 5.26 Å². The van der Waals surface area contributed by atoms with Gasteiger partial charge in [-0.05, 0) is 39.0 Å². The van der Waals surface area contributed by atoms with Gasteiger partial charge in [0.25, 0.3) is 5.91 Å². The molecule has 1 aromatic carbocycles. The van der Waals surface area contributed by atoms with E-state index in [2.05, 4.69) is 26.7 Å². The molecule has 2 heterocycles. The van der Waals surface area contributed by atoms with Gasteiger partial charge in [-0.25, -0.2) is 4.39 Å². The minimum atomic E-state index is -1.60. The van der Waals surface area contributed by atoms with Gasteiger partial charge in [0, 0.05) is 23.6 Å². The van der Waals surface area contributed by atoms with E-state index in [1.54, 1.807) is 12.1 Å². The number of nitriles is 1. The second-order valence-corrected chi connectivity index (χ2v) is 7.13. The Morgan fingerprint density at radius 3 is 2.86 bits per heavy atom. The first kappa shape index (κ1) is 19.6. The topological polar surface area (TPSA) is 114 Å². The van der Waals surface area contributed by atoms with Crippen LogP contribution in [0.25, 0.3) is 21.9 Å². The van der Waals surface area contributed by atoms with Crippen molar-refractivity contribution in [1.82, 2.24) is 15.3 Å². The Kier molecular flexibility index (Phi) is 5.21. The fraction of sp³-hybridized carbons (Fsp3) is 0.350. The fourth-order valence-corrected chi connectivity index (χ4v) is 2.96.